The molecule has 0 spiro atoms. The second-order valence-electron chi connectivity index (χ2n) is 3.01. The molecule has 0 saturated heterocycles. The van der Waals surface area contributed by atoms with Crippen LogP contribution in [0.25, 0.3) is 0 Å². The Morgan fingerprint density at radius 3 is 2.54 bits per heavy atom. The molecule has 1 aromatic carbocycles. The Morgan fingerprint density at radius 2 is 1.92 bits per heavy atom. The van der Waals surface area contributed by atoms with Crippen molar-refractivity contribution in [3.8, 4) is 0 Å². The van der Waals surface area contributed by atoms with E-state index in [9.17, 15) is 4.21 Å². The zero-order valence-electron chi connectivity index (χ0n) is 8.25. The molecule has 0 aliphatic heterocycles. The second kappa shape index (κ2) is 5.18. The van der Waals surface area contributed by atoms with Gasteiger partial charge in [-0.2, -0.15) is 0 Å². The van der Waals surface area contributed by atoms with Gasteiger partial charge in [0.2, 0.25) is 0 Å². The van der Waals surface area contributed by atoms with Crippen LogP contribution in [0, 0.1) is 0 Å². The Labute approximate surface area is 82.6 Å². The Kier molecular flexibility index (Phi) is 4.16. The minimum atomic E-state index is -0.795. The number of rotatable bonds is 4. The van der Waals surface area contributed by atoms with Gasteiger partial charge in [0.25, 0.3) is 0 Å². The fourth-order valence-electron chi connectivity index (χ4n) is 1.31. The molecule has 0 aliphatic rings. The van der Waals surface area contributed by atoms with Gasteiger partial charge >= 0.3 is 0 Å². The minimum Gasteiger partial charge on any atom is -0.254 e. The van der Waals surface area contributed by atoms with Crippen molar-refractivity contribution >= 4 is 10.8 Å². The van der Waals surface area contributed by atoms with Crippen molar-refractivity contribution in [2.75, 3.05) is 5.75 Å². The van der Waals surface area contributed by atoms with Gasteiger partial charge < -0.3 is 0 Å². The van der Waals surface area contributed by atoms with E-state index in [0.29, 0.717) is 0 Å². The van der Waals surface area contributed by atoms with E-state index < -0.39 is 10.8 Å². The van der Waals surface area contributed by atoms with E-state index in [4.69, 9.17) is 0 Å². The maximum absolute atomic E-state index is 11.7. The largest absolute Gasteiger partial charge is 0.254 e. The van der Waals surface area contributed by atoms with E-state index in [0.717, 1.165) is 23.5 Å². The summed E-state index contributed by atoms with van der Waals surface area (Å²) < 4.78 is 11.7. The van der Waals surface area contributed by atoms with Crippen molar-refractivity contribution in [1.82, 2.24) is 0 Å². The second-order valence-corrected chi connectivity index (χ2v) is 4.55. The number of aryl methyl sites for hydroxylation is 1. The summed E-state index contributed by atoms with van der Waals surface area (Å²) in [6, 6.07) is 8.00. The lowest BCUT2D eigenvalue weighted by molar-refractivity contribution is 0.681. The molecule has 1 unspecified atom stereocenters. The van der Waals surface area contributed by atoms with Crippen molar-refractivity contribution < 1.29 is 4.21 Å². The Hall–Kier alpha value is -0.630. The van der Waals surface area contributed by atoms with E-state index in [2.05, 4.69) is 19.9 Å². The van der Waals surface area contributed by atoms with Crippen LogP contribution in [0.15, 0.2) is 29.2 Å². The third kappa shape index (κ3) is 2.66. The Bertz CT molecular complexity index is 294. The molecular formula is C11H16OS. The van der Waals surface area contributed by atoms with Crippen LogP contribution in [-0.2, 0) is 17.2 Å². The molecule has 72 valence electrons. The molecule has 0 heterocycles. The van der Waals surface area contributed by atoms with Crippen LogP contribution >= 0.6 is 0 Å². The van der Waals surface area contributed by atoms with Gasteiger partial charge in [-0.05, 0) is 24.5 Å². The monoisotopic (exact) mass is 196 g/mol. The molecule has 0 aliphatic carbocycles. The van der Waals surface area contributed by atoms with Gasteiger partial charge in [0, 0.05) is 10.6 Å². The summed E-state index contributed by atoms with van der Waals surface area (Å²) in [7, 11) is -0.795. The van der Waals surface area contributed by atoms with Crippen molar-refractivity contribution in [1.29, 1.82) is 0 Å². The maximum Gasteiger partial charge on any atom is 0.0532 e. The lowest BCUT2D eigenvalue weighted by Crippen LogP contribution is -2.00. The summed E-state index contributed by atoms with van der Waals surface area (Å²) in [5.74, 6) is 0.775. The van der Waals surface area contributed by atoms with Crippen LogP contribution in [0.5, 0.6) is 0 Å². The van der Waals surface area contributed by atoms with Crippen molar-refractivity contribution in [2.45, 2.75) is 31.6 Å². The minimum absolute atomic E-state index is 0.775. The predicted molar refractivity (Wildman–Crippen MR) is 57.4 cm³/mol. The normalized spacial score (nSPS) is 12.8. The highest BCUT2D eigenvalue weighted by molar-refractivity contribution is 7.85. The van der Waals surface area contributed by atoms with E-state index >= 15 is 0 Å². The summed E-state index contributed by atoms with van der Waals surface area (Å²) in [5, 5.41) is 0. The fraction of sp³-hybridized carbons (Fsp3) is 0.455. The molecule has 2 heteroatoms. The molecule has 0 fully saturated rings. The van der Waals surface area contributed by atoms with Crippen molar-refractivity contribution in [2.24, 2.45) is 0 Å². The van der Waals surface area contributed by atoms with Crippen LogP contribution in [0.2, 0.25) is 0 Å². The molecule has 0 saturated carbocycles. The molecule has 1 nitrogen and oxygen atoms in total. The SMILES string of the molecule is CCCS(=O)c1ccccc1CC. The summed E-state index contributed by atoms with van der Waals surface area (Å²) >= 11 is 0. The number of benzene rings is 1. The summed E-state index contributed by atoms with van der Waals surface area (Å²) in [5.41, 5.74) is 1.22. The molecule has 1 aromatic rings. The van der Waals surface area contributed by atoms with Gasteiger partial charge in [0.05, 0.1) is 10.8 Å². The first-order valence-electron chi connectivity index (χ1n) is 4.75. The first-order valence-corrected chi connectivity index (χ1v) is 6.07. The van der Waals surface area contributed by atoms with Crippen LogP contribution in [0.4, 0.5) is 0 Å². The van der Waals surface area contributed by atoms with E-state index in [1.807, 2.05) is 18.2 Å². The van der Waals surface area contributed by atoms with Crippen molar-refractivity contribution in [3.05, 3.63) is 29.8 Å². The molecule has 1 atom stereocenters. The highest BCUT2D eigenvalue weighted by Gasteiger charge is 2.05. The fourth-order valence-corrected chi connectivity index (χ4v) is 2.64. The molecule has 13 heavy (non-hydrogen) atoms. The molecule has 0 amide bonds. The van der Waals surface area contributed by atoms with Crippen LogP contribution in [0.1, 0.15) is 25.8 Å². The van der Waals surface area contributed by atoms with Gasteiger partial charge in [-0.1, -0.05) is 32.0 Å². The quantitative estimate of drug-likeness (QED) is 0.723. The van der Waals surface area contributed by atoms with Gasteiger partial charge in [-0.15, -0.1) is 0 Å². The van der Waals surface area contributed by atoms with Gasteiger partial charge in [0.1, 0.15) is 0 Å². The third-order valence-corrected chi connectivity index (χ3v) is 3.66. The Morgan fingerprint density at radius 1 is 1.23 bits per heavy atom. The van der Waals surface area contributed by atoms with Gasteiger partial charge in [-0.25, -0.2) is 0 Å². The highest BCUT2D eigenvalue weighted by atomic mass is 32.2. The zero-order valence-corrected chi connectivity index (χ0v) is 9.06. The van der Waals surface area contributed by atoms with Crippen LogP contribution in [-0.4, -0.2) is 9.96 Å². The zero-order chi connectivity index (χ0) is 9.68. The highest BCUT2D eigenvalue weighted by Crippen LogP contribution is 2.14. The smallest absolute Gasteiger partial charge is 0.0532 e. The standard InChI is InChI=1S/C11H16OS/c1-3-9-13(12)11-8-6-5-7-10(11)4-2/h5-8H,3-4,9H2,1-2H3. The lowest BCUT2D eigenvalue weighted by atomic mass is 10.2. The summed E-state index contributed by atoms with van der Waals surface area (Å²) in [4.78, 5) is 1.02. The predicted octanol–water partition coefficient (Wildman–Crippen LogP) is 2.77. The molecule has 0 aromatic heterocycles. The van der Waals surface area contributed by atoms with E-state index in [1.165, 1.54) is 5.56 Å². The van der Waals surface area contributed by atoms with Crippen LogP contribution < -0.4 is 0 Å². The van der Waals surface area contributed by atoms with E-state index in [-0.39, 0.29) is 0 Å². The molecule has 0 radical (unpaired) electrons. The average Bonchev–Trinajstić information content (AvgIpc) is 2.18. The number of hydrogen-bond donors (Lipinski definition) is 0. The van der Waals surface area contributed by atoms with Gasteiger partial charge in [0.15, 0.2) is 0 Å². The van der Waals surface area contributed by atoms with Gasteiger partial charge in [-0.3, -0.25) is 4.21 Å². The first-order chi connectivity index (χ1) is 6.29. The van der Waals surface area contributed by atoms with Crippen molar-refractivity contribution in [3.63, 3.8) is 0 Å². The summed E-state index contributed by atoms with van der Waals surface area (Å²) in [6.07, 6.45) is 1.94. The molecule has 1 rings (SSSR count). The maximum atomic E-state index is 11.7. The summed E-state index contributed by atoms with van der Waals surface area (Å²) in [6.45, 7) is 4.16. The molecule has 0 bridgehead atoms. The van der Waals surface area contributed by atoms with E-state index in [1.54, 1.807) is 0 Å². The first kappa shape index (κ1) is 10.5. The third-order valence-electron chi connectivity index (χ3n) is 1.99. The molecule has 0 N–H and O–H groups in total. The topological polar surface area (TPSA) is 17.1 Å². The average molecular weight is 196 g/mol. The lowest BCUT2D eigenvalue weighted by Gasteiger charge is -2.05. The number of hydrogen-bond acceptors (Lipinski definition) is 1. The molecular weight excluding hydrogens is 180 g/mol. The van der Waals surface area contributed by atoms with Crippen LogP contribution in [0.3, 0.4) is 0 Å². The Balaban J connectivity index is 2.92.